The molecule has 6 nitrogen and oxygen atoms in total. The lowest BCUT2D eigenvalue weighted by Gasteiger charge is -2.26. The van der Waals surface area contributed by atoms with Gasteiger partial charge in [-0.2, -0.15) is 0 Å². The predicted molar refractivity (Wildman–Crippen MR) is 79.2 cm³/mol. The third kappa shape index (κ3) is 2.77. The molecule has 0 aliphatic carbocycles. The van der Waals surface area contributed by atoms with Crippen LogP contribution >= 0.6 is 0 Å². The minimum atomic E-state index is -0.448. The Morgan fingerprint density at radius 3 is 3.00 bits per heavy atom. The number of β-amino-alcohol motifs (C(OH)–C–C–N with tert-alkyl or cyclic N) is 1. The third-order valence-corrected chi connectivity index (χ3v) is 3.81. The van der Waals surface area contributed by atoms with Crippen LogP contribution in [-0.4, -0.2) is 69.5 Å². The SMILES string of the molecule is CN(C)CC1CC(O)CN1C(=O)c1cn2ccccc2n1. The van der Waals surface area contributed by atoms with E-state index in [1.807, 2.05) is 47.8 Å². The van der Waals surface area contributed by atoms with Crippen LogP contribution in [0.15, 0.2) is 30.6 Å². The fraction of sp³-hybridized carbons (Fsp3) is 0.467. The second-order valence-electron chi connectivity index (χ2n) is 5.86. The smallest absolute Gasteiger partial charge is 0.274 e. The van der Waals surface area contributed by atoms with Crippen molar-refractivity contribution in [2.75, 3.05) is 27.2 Å². The number of fused-ring (bicyclic) bond motifs is 1. The van der Waals surface area contributed by atoms with E-state index in [2.05, 4.69) is 4.98 Å². The molecule has 3 heterocycles. The standard InChI is InChI=1S/C15H20N4O2/c1-17(2)8-11-7-12(20)9-19(11)15(21)13-10-18-6-4-3-5-14(18)16-13/h3-6,10-12,20H,7-9H2,1-2H3. The Kier molecular flexibility index (Phi) is 3.65. The normalized spacial score (nSPS) is 22.4. The van der Waals surface area contributed by atoms with Crippen LogP contribution in [0.1, 0.15) is 16.9 Å². The van der Waals surface area contributed by atoms with E-state index in [9.17, 15) is 9.90 Å². The van der Waals surface area contributed by atoms with Gasteiger partial charge in [0.15, 0.2) is 0 Å². The van der Waals surface area contributed by atoms with Crippen molar-refractivity contribution in [3.63, 3.8) is 0 Å². The number of likely N-dealkylation sites (N-methyl/N-ethyl adjacent to an activating group) is 1. The highest BCUT2D eigenvalue weighted by molar-refractivity contribution is 5.93. The maximum atomic E-state index is 12.7. The van der Waals surface area contributed by atoms with E-state index >= 15 is 0 Å². The Morgan fingerprint density at radius 1 is 1.48 bits per heavy atom. The van der Waals surface area contributed by atoms with Crippen LogP contribution in [0.25, 0.3) is 5.65 Å². The van der Waals surface area contributed by atoms with Crippen molar-refractivity contribution in [2.45, 2.75) is 18.6 Å². The summed E-state index contributed by atoms with van der Waals surface area (Å²) in [4.78, 5) is 20.8. The molecule has 6 heteroatoms. The summed E-state index contributed by atoms with van der Waals surface area (Å²) in [5.74, 6) is -0.109. The molecule has 0 saturated carbocycles. The molecule has 1 saturated heterocycles. The molecule has 1 aliphatic rings. The van der Waals surface area contributed by atoms with Crippen molar-refractivity contribution in [1.29, 1.82) is 0 Å². The van der Waals surface area contributed by atoms with Gasteiger partial charge in [-0.3, -0.25) is 4.79 Å². The Labute approximate surface area is 123 Å². The molecule has 1 N–H and O–H groups in total. The van der Waals surface area contributed by atoms with Gasteiger partial charge in [-0.1, -0.05) is 6.07 Å². The number of likely N-dealkylation sites (tertiary alicyclic amines) is 1. The summed E-state index contributed by atoms with van der Waals surface area (Å²) in [5, 5.41) is 9.88. The second kappa shape index (κ2) is 5.46. The van der Waals surface area contributed by atoms with Crippen LogP contribution in [0.2, 0.25) is 0 Å². The molecule has 2 aromatic rings. The van der Waals surface area contributed by atoms with E-state index < -0.39 is 6.10 Å². The number of carbonyl (C=O) groups is 1. The van der Waals surface area contributed by atoms with Gasteiger partial charge in [-0.25, -0.2) is 4.98 Å². The van der Waals surface area contributed by atoms with E-state index in [1.165, 1.54) is 0 Å². The average Bonchev–Trinajstić information content (AvgIpc) is 3.00. The fourth-order valence-electron chi connectivity index (χ4n) is 2.92. The highest BCUT2D eigenvalue weighted by Gasteiger charge is 2.35. The summed E-state index contributed by atoms with van der Waals surface area (Å²) in [6, 6.07) is 5.70. The number of hydrogen-bond acceptors (Lipinski definition) is 4. The number of hydrogen-bond donors (Lipinski definition) is 1. The number of aromatic nitrogens is 2. The molecule has 2 atom stereocenters. The number of carbonyl (C=O) groups excluding carboxylic acids is 1. The third-order valence-electron chi connectivity index (χ3n) is 3.81. The molecule has 0 radical (unpaired) electrons. The molecule has 3 rings (SSSR count). The first-order chi connectivity index (χ1) is 10.0. The number of imidazole rings is 1. The van der Waals surface area contributed by atoms with E-state index in [0.717, 1.165) is 12.2 Å². The van der Waals surface area contributed by atoms with Crippen LogP contribution < -0.4 is 0 Å². The van der Waals surface area contributed by atoms with Gasteiger partial charge < -0.3 is 19.3 Å². The molecule has 0 aromatic carbocycles. The van der Waals surface area contributed by atoms with Gasteiger partial charge in [0.1, 0.15) is 11.3 Å². The molecular weight excluding hydrogens is 268 g/mol. The Balaban J connectivity index is 1.85. The lowest BCUT2D eigenvalue weighted by atomic mass is 10.2. The van der Waals surface area contributed by atoms with Gasteiger partial charge in [0.2, 0.25) is 0 Å². The van der Waals surface area contributed by atoms with E-state index in [1.54, 1.807) is 11.1 Å². The molecule has 1 amide bonds. The van der Waals surface area contributed by atoms with Gasteiger partial charge in [-0.05, 0) is 32.6 Å². The minimum absolute atomic E-state index is 0.0345. The molecule has 0 spiro atoms. The van der Waals surface area contributed by atoms with Crippen molar-refractivity contribution in [3.05, 3.63) is 36.3 Å². The zero-order valence-corrected chi connectivity index (χ0v) is 12.3. The van der Waals surface area contributed by atoms with Gasteiger partial charge in [0.25, 0.3) is 5.91 Å². The maximum Gasteiger partial charge on any atom is 0.274 e. The first-order valence-corrected chi connectivity index (χ1v) is 7.12. The molecular formula is C15H20N4O2. The van der Waals surface area contributed by atoms with Crippen LogP contribution in [0.3, 0.4) is 0 Å². The van der Waals surface area contributed by atoms with Crippen molar-refractivity contribution in [2.24, 2.45) is 0 Å². The summed E-state index contributed by atoms with van der Waals surface area (Å²) >= 11 is 0. The number of pyridine rings is 1. The summed E-state index contributed by atoms with van der Waals surface area (Å²) < 4.78 is 1.83. The minimum Gasteiger partial charge on any atom is -0.391 e. The average molecular weight is 288 g/mol. The van der Waals surface area contributed by atoms with Crippen LogP contribution in [0.5, 0.6) is 0 Å². The monoisotopic (exact) mass is 288 g/mol. The highest BCUT2D eigenvalue weighted by Crippen LogP contribution is 2.21. The van der Waals surface area contributed by atoms with Crippen LogP contribution in [0, 0.1) is 0 Å². The number of amides is 1. The zero-order valence-electron chi connectivity index (χ0n) is 12.3. The van der Waals surface area contributed by atoms with E-state index in [-0.39, 0.29) is 11.9 Å². The number of aliphatic hydroxyl groups excluding tert-OH is 1. The first kappa shape index (κ1) is 14.0. The van der Waals surface area contributed by atoms with Crippen molar-refractivity contribution < 1.29 is 9.90 Å². The molecule has 112 valence electrons. The highest BCUT2D eigenvalue weighted by atomic mass is 16.3. The summed E-state index contributed by atoms with van der Waals surface area (Å²) in [5.41, 5.74) is 1.18. The van der Waals surface area contributed by atoms with Crippen LogP contribution in [0.4, 0.5) is 0 Å². The topological polar surface area (TPSA) is 61.1 Å². The second-order valence-corrected chi connectivity index (χ2v) is 5.86. The molecule has 1 fully saturated rings. The Morgan fingerprint density at radius 2 is 2.29 bits per heavy atom. The summed E-state index contributed by atoms with van der Waals surface area (Å²) in [6.07, 6.45) is 3.79. The van der Waals surface area contributed by atoms with E-state index in [0.29, 0.717) is 18.7 Å². The van der Waals surface area contributed by atoms with Crippen molar-refractivity contribution >= 4 is 11.6 Å². The van der Waals surface area contributed by atoms with Crippen molar-refractivity contribution in [3.8, 4) is 0 Å². The van der Waals surface area contributed by atoms with E-state index in [4.69, 9.17) is 0 Å². The number of nitrogens with zero attached hydrogens (tertiary/aromatic N) is 4. The molecule has 21 heavy (non-hydrogen) atoms. The van der Waals surface area contributed by atoms with Crippen LogP contribution in [-0.2, 0) is 0 Å². The first-order valence-electron chi connectivity index (χ1n) is 7.12. The molecule has 2 aromatic heterocycles. The van der Waals surface area contributed by atoms with Gasteiger partial charge in [-0.15, -0.1) is 0 Å². The predicted octanol–water partition coefficient (Wildman–Crippen LogP) is 0.471. The Hall–Kier alpha value is -1.92. The summed E-state index contributed by atoms with van der Waals surface area (Å²) in [6.45, 7) is 1.13. The lowest BCUT2D eigenvalue weighted by Crippen LogP contribution is -2.41. The summed E-state index contributed by atoms with van der Waals surface area (Å²) in [7, 11) is 3.94. The number of aliphatic hydroxyl groups is 1. The molecule has 0 bridgehead atoms. The zero-order chi connectivity index (χ0) is 15.0. The fourth-order valence-corrected chi connectivity index (χ4v) is 2.92. The maximum absolute atomic E-state index is 12.7. The van der Waals surface area contributed by atoms with Gasteiger partial charge >= 0.3 is 0 Å². The number of rotatable bonds is 3. The van der Waals surface area contributed by atoms with Gasteiger partial charge in [0.05, 0.1) is 6.10 Å². The largest absolute Gasteiger partial charge is 0.391 e. The molecule has 2 unspecified atom stereocenters. The van der Waals surface area contributed by atoms with Crippen molar-refractivity contribution in [1.82, 2.24) is 19.2 Å². The quantitative estimate of drug-likeness (QED) is 0.892. The van der Waals surface area contributed by atoms with Gasteiger partial charge in [0, 0.05) is 31.5 Å². The lowest BCUT2D eigenvalue weighted by molar-refractivity contribution is 0.0694. The Bertz CT molecular complexity index is 619. The molecule has 1 aliphatic heterocycles.